The fourth-order valence-electron chi connectivity index (χ4n) is 2.73. The van der Waals surface area contributed by atoms with Crippen molar-refractivity contribution in [2.24, 2.45) is 0 Å². The lowest BCUT2D eigenvalue weighted by Crippen LogP contribution is -2.15. The number of carbonyl (C=O) groups is 1. The lowest BCUT2D eigenvalue weighted by Gasteiger charge is -2.03. The SMILES string of the molecule is Cc1cn(-c2ccc(Cl)cc2)nc1NC(=O)Cc1ccc(CNc2nccs2)s1. The predicted octanol–water partition coefficient (Wildman–Crippen LogP) is 5.15. The Morgan fingerprint density at radius 1 is 1.17 bits per heavy atom. The molecule has 0 saturated carbocycles. The van der Waals surface area contributed by atoms with Crippen molar-refractivity contribution in [2.45, 2.75) is 19.9 Å². The van der Waals surface area contributed by atoms with E-state index in [9.17, 15) is 4.79 Å². The maximum atomic E-state index is 12.5. The number of benzene rings is 1. The summed E-state index contributed by atoms with van der Waals surface area (Å²) in [6.07, 6.45) is 3.97. The Labute approximate surface area is 181 Å². The second kappa shape index (κ2) is 8.77. The van der Waals surface area contributed by atoms with Crippen LogP contribution in [0.15, 0.2) is 54.2 Å². The molecule has 29 heavy (non-hydrogen) atoms. The van der Waals surface area contributed by atoms with E-state index >= 15 is 0 Å². The van der Waals surface area contributed by atoms with Gasteiger partial charge in [0.15, 0.2) is 10.9 Å². The summed E-state index contributed by atoms with van der Waals surface area (Å²) in [6.45, 7) is 2.62. The van der Waals surface area contributed by atoms with Crippen molar-refractivity contribution in [1.82, 2.24) is 14.8 Å². The average molecular weight is 444 g/mol. The normalized spacial score (nSPS) is 10.8. The van der Waals surface area contributed by atoms with Gasteiger partial charge >= 0.3 is 0 Å². The molecule has 4 rings (SSSR count). The average Bonchev–Trinajstić information content (AvgIpc) is 3.43. The number of aromatic nitrogens is 3. The highest BCUT2D eigenvalue weighted by atomic mass is 35.5. The Bertz CT molecular complexity index is 1100. The summed E-state index contributed by atoms with van der Waals surface area (Å²) < 4.78 is 1.73. The summed E-state index contributed by atoms with van der Waals surface area (Å²) in [6, 6.07) is 11.4. The van der Waals surface area contributed by atoms with Crippen LogP contribution in [0.25, 0.3) is 5.69 Å². The van der Waals surface area contributed by atoms with E-state index in [0.717, 1.165) is 26.1 Å². The van der Waals surface area contributed by atoms with E-state index in [1.165, 1.54) is 0 Å². The van der Waals surface area contributed by atoms with Crippen molar-refractivity contribution < 1.29 is 4.79 Å². The fraction of sp³-hybridized carbons (Fsp3) is 0.150. The van der Waals surface area contributed by atoms with Crippen LogP contribution in [0.4, 0.5) is 10.9 Å². The first-order valence-corrected chi connectivity index (χ1v) is 11.0. The second-order valence-corrected chi connectivity index (χ2v) is 8.95. The first-order chi connectivity index (χ1) is 14.1. The molecule has 0 unspecified atom stereocenters. The molecule has 0 radical (unpaired) electrons. The van der Waals surface area contributed by atoms with Crippen LogP contribution in [0.2, 0.25) is 5.02 Å². The van der Waals surface area contributed by atoms with Gasteiger partial charge in [-0.3, -0.25) is 4.79 Å². The number of thiazole rings is 1. The van der Waals surface area contributed by atoms with Gasteiger partial charge in [-0.2, -0.15) is 0 Å². The van der Waals surface area contributed by atoms with Gasteiger partial charge in [0, 0.05) is 38.1 Å². The van der Waals surface area contributed by atoms with Crippen LogP contribution >= 0.6 is 34.3 Å². The summed E-state index contributed by atoms with van der Waals surface area (Å²) >= 11 is 9.12. The van der Waals surface area contributed by atoms with Crippen molar-refractivity contribution in [1.29, 1.82) is 0 Å². The zero-order valence-electron chi connectivity index (χ0n) is 15.6. The topological polar surface area (TPSA) is 71.8 Å². The number of hydrogen-bond donors (Lipinski definition) is 2. The van der Waals surface area contributed by atoms with Crippen LogP contribution in [-0.2, 0) is 17.8 Å². The van der Waals surface area contributed by atoms with Gasteiger partial charge in [0.1, 0.15) is 0 Å². The Balaban J connectivity index is 1.35. The number of halogens is 1. The van der Waals surface area contributed by atoms with Gasteiger partial charge in [-0.1, -0.05) is 11.6 Å². The highest BCUT2D eigenvalue weighted by Gasteiger charge is 2.12. The van der Waals surface area contributed by atoms with Crippen molar-refractivity contribution in [2.75, 3.05) is 10.6 Å². The molecule has 1 amide bonds. The van der Waals surface area contributed by atoms with Gasteiger partial charge in [-0.25, -0.2) is 9.67 Å². The first-order valence-electron chi connectivity index (χ1n) is 8.90. The van der Waals surface area contributed by atoms with Gasteiger partial charge < -0.3 is 10.6 Å². The summed E-state index contributed by atoms with van der Waals surface area (Å²) in [5, 5.41) is 14.2. The Morgan fingerprint density at radius 2 is 1.97 bits per heavy atom. The maximum absolute atomic E-state index is 12.5. The minimum Gasteiger partial charge on any atom is -0.357 e. The number of nitrogens with zero attached hydrogens (tertiary/aromatic N) is 3. The van der Waals surface area contributed by atoms with Crippen molar-refractivity contribution in [3.05, 3.63) is 74.5 Å². The molecule has 0 fully saturated rings. The molecular formula is C20H18ClN5OS2. The van der Waals surface area contributed by atoms with Crippen LogP contribution < -0.4 is 10.6 Å². The van der Waals surface area contributed by atoms with E-state index in [2.05, 4.69) is 20.7 Å². The minimum atomic E-state index is -0.0873. The highest BCUT2D eigenvalue weighted by molar-refractivity contribution is 7.13. The van der Waals surface area contributed by atoms with Gasteiger partial charge in [0.2, 0.25) is 5.91 Å². The maximum Gasteiger partial charge on any atom is 0.230 e. The number of carbonyl (C=O) groups excluding carboxylic acids is 1. The summed E-state index contributed by atoms with van der Waals surface area (Å²) in [4.78, 5) is 18.9. The molecule has 0 aliphatic carbocycles. The Hall–Kier alpha value is -2.68. The standard InChI is InChI=1S/C20H18ClN5OS2/c1-13-12-26(15-4-2-14(21)3-5-15)25-19(13)24-18(27)10-16-6-7-17(29-16)11-23-20-22-8-9-28-20/h2-9,12H,10-11H2,1H3,(H,22,23)(H,24,25,27). The number of aryl methyl sites for hydroxylation is 1. The Kier molecular flexibility index (Phi) is 5.94. The molecule has 0 atom stereocenters. The zero-order valence-corrected chi connectivity index (χ0v) is 17.9. The molecule has 0 aliphatic rings. The molecule has 1 aromatic carbocycles. The Morgan fingerprint density at radius 3 is 2.72 bits per heavy atom. The third-order valence-electron chi connectivity index (χ3n) is 4.14. The van der Waals surface area contributed by atoms with Crippen LogP contribution in [-0.4, -0.2) is 20.7 Å². The number of nitrogens with one attached hydrogen (secondary N) is 2. The molecule has 3 heterocycles. The number of amides is 1. The first kappa shape index (κ1) is 19.6. The van der Waals surface area contributed by atoms with Crippen LogP contribution in [0.1, 0.15) is 15.3 Å². The van der Waals surface area contributed by atoms with Crippen LogP contribution in [0, 0.1) is 6.92 Å². The quantitative estimate of drug-likeness (QED) is 0.414. The number of thiophene rings is 1. The van der Waals surface area contributed by atoms with Crippen molar-refractivity contribution in [3.63, 3.8) is 0 Å². The van der Waals surface area contributed by atoms with Gasteiger partial charge in [0.05, 0.1) is 18.7 Å². The summed E-state index contributed by atoms with van der Waals surface area (Å²) in [5.41, 5.74) is 1.78. The van der Waals surface area contributed by atoms with Gasteiger partial charge in [-0.05, 0) is 43.3 Å². The molecule has 0 spiro atoms. The molecule has 2 N–H and O–H groups in total. The van der Waals surface area contributed by atoms with Crippen LogP contribution in [0.5, 0.6) is 0 Å². The molecule has 0 aliphatic heterocycles. The zero-order chi connectivity index (χ0) is 20.2. The summed E-state index contributed by atoms with van der Waals surface area (Å²) in [7, 11) is 0. The smallest absolute Gasteiger partial charge is 0.230 e. The third kappa shape index (κ3) is 5.03. The largest absolute Gasteiger partial charge is 0.357 e. The molecule has 4 aromatic rings. The van der Waals surface area contributed by atoms with Crippen LogP contribution in [0.3, 0.4) is 0 Å². The van der Waals surface area contributed by atoms with Gasteiger partial charge in [-0.15, -0.1) is 27.8 Å². The molecule has 6 nitrogen and oxygen atoms in total. The predicted molar refractivity (Wildman–Crippen MR) is 119 cm³/mol. The van der Waals surface area contributed by atoms with Crippen molar-refractivity contribution in [3.8, 4) is 5.69 Å². The number of hydrogen-bond acceptors (Lipinski definition) is 6. The molecule has 3 aromatic heterocycles. The molecule has 0 bridgehead atoms. The lowest BCUT2D eigenvalue weighted by molar-refractivity contribution is -0.115. The number of anilines is 2. The van der Waals surface area contributed by atoms with E-state index in [1.54, 1.807) is 33.6 Å². The fourth-order valence-corrected chi connectivity index (χ4v) is 4.34. The van der Waals surface area contributed by atoms with E-state index in [1.807, 2.05) is 54.9 Å². The van der Waals surface area contributed by atoms with Gasteiger partial charge in [0.25, 0.3) is 0 Å². The summed E-state index contributed by atoms with van der Waals surface area (Å²) in [5.74, 6) is 0.475. The lowest BCUT2D eigenvalue weighted by atomic mass is 10.3. The second-order valence-electron chi connectivity index (χ2n) is 6.37. The van der Waals surface area contributed by atoms with E-state index < -0.39 is 0 Å². The minimum absolute atomic E-state index is 0.0873. The monoisotopic (exact) mass is 443 g/mol. The number of rotatable bonds is 7. The third-order valence-corrected chi connectivity index (χ3v) is 6.21. The highest BCUT2D eigenvalue weighted by Crippen LogP contribution is 2.21. The van der Waals surface area contributed by atoms with E-state index in [0.29, 0.717) is 23.8 Å². The van der Waals surface area contributed by atoms with Crippen molar-refractivity contribution >= 4 is 51.1 Å². The van der Waals surface area contributed by atoms with E-state index in [-0.39, 0.29) is 5.91 Å². The molecule has 9 heteroatoms. The molecular weight excluding hydrogens is 426 g/mol. The van der Waals surface area contributed by atoms with E-state index in [4.69, 9.17) is 11.6 Å². The molecule has 0 saturated heterocycles. The molecule has 148 valence electrons.